The molecule has 7 heteroatoms. The number of H-pyrrole nitrogens is 1. The molecule has 2 amide bonds. The van der Waals surface area contributed by atoms with Crippen LogP contribution in [0.15, 0.2) is 30.3 Å². The smallest absolute Gasteiger partial charge is 0.251 e. The number of unbranched alkanes of at least 4 members (excludes halogenated alkanes) is 1. The van der Waals surface area contributed by atoms with Gasteiger partial charge in [-0.15, -0.1) is 0 Å². The number of carbonyl (C=O) groups excluding carboxylic acids is 2. The fourth-order valence-corrected chi connectivity index (χ4v) is 1.97. The van der Waals surface area contributed by atoms with Crippen LogP contribution in [0.4, 0.5) is 5.82 Å². The summed E-state index contributed by atoms with van der Waals surface area (Å²) in [6.45, 7) is 4.47. The first-order valence-electron chi connectivity index (χ1n) is 7.91. The molecule has 0 bridgehead atoms. The Morgan fingerprint density at radius 2 is 2.00 bits per heavy atom. The Hall–Kier alpha value is -2.83. The van der Waals surface area contributed by atoms with Gasteiger partial charge in [-0.25, -0.2) is 0 Å². The van der Waals surface area contributed by atoms with E-state index in [9.17, 15) is 9.59 Å². The van der Waals surface area contributed by atoms with Gasteiger partial charge in [0, 0.05) is 17.3 Å². The van der Waals surface area contributed by atoms with E-state index in [1.165, 1.54) is 0 Å². The largest absolute Gasteiger partial charge is 0.494 e. The number of benzene rings is 1. The molecule has 0 atom stereocenters. The molecule has 1 aromatic carbocycles. The van der Waals surface area contributed by atoms with E-state index in [4.69, 9.17) is 4.74 Å². The second-order valence-electron chi connectivity index (χ2n) is 5.39. The van der Waals surface area contributed by atoms with Crippen molar-refractivity contribution in [3.63, 3.8) is 0 Å². The Morgan fingerprint density at radius 1 is 1.25 bits per heavy atom. The minimum atomic E-state index is -0.339. The summed E-state index contributed by atoms with van der Waals surface area (Å²) in [5.74, 6) is 0.504. The molecule has 1 heterocycles. The van der Waals surface area contributed by atoms with E-state index < -0.39 is 0 Å². The van der Waals surface area contributed by atoms with Crippen LogP contribution >= 0.6 is 0 Å². The maximum Gasteiger partial charge on any atom is 0.251 e. The van der Waals surface area contributed by atoms with Crippen molar-refractivity contribution in [1.82, 2.24) is 15.5 Å². The molecule has 2 rings (SSSR count). The minimum Gasteiger partial charge on any atom is -0.494 e. The monoisotopic (exact) mass is 330 g/mol. The molecule has 0 aliphatic rings. The highest BCUT2D eigenvalue weighted by atomic mass is 16.5. The molecule has 0 radical (unpaired) electrons. The molecule has 2 aromatic rings. The van der Waals surface area contributed by atoms with Crippen LogP contribution in [0.25, 0.3) is 0 Å². The van der Waals surface area contributed by atoms with Crippen LogP contribution in [0.2, 0.25) is 0 Å². The third-order valence-corrected chi connectivity index (χ3v) is 3.27. The molecule has 0 saturated carbocycles. The first-order chi connectivity index (χ1) is 11.6. The molecular formula is C17H22N4O3. The summed E-state index contributed by atoms with van der Waals surface area (Å²) in [5, 5.41) is 11.8. The fourth-order valence-electron chi connectivity index (χ4n) is 1.97. The molecule has 0 fully saturated rings. The fraction of sp³-hybridized carbons (Fsp3) is 0.353. The molecule has 0 unspecified atom stereocenters. The lowest BCUT2D eigenvalue weighted by Crippen LogP contribution is -2.32. The van der Waals surface area contributed by atoms with E-state index >= 15 is 0 Å². The van der Waals surface area contributed by atoms with Crippen molar-refractivity contribution in [2.24, 2.45) is 0 Å². The van der Waals surface area contributed by atoms with Crippen LogP contribution in [0.3, 0.4) is 0 Å². The number of anilines is 1. The molecule has 24 heavy (non-hydrogen) atoms. The summed E-state index contributed by atoms with van der Waals surface area (Å²) in [7, 11) is 0. The SMILES string of the molecule is CCCCOc1ccc(C(=O)NCC(=O)Nc2cc(C)[nH]n2)cc1. The van der Waals surface area contributed by atoms with E-state index in [1.807, 2.05) is 6.92 Å². The summed E-state index contributed by atoms with van der Waals surface area (Å²) in [5.41, 5.74) is 1.32. The van der Waals surface area contributed by atoms with Crippen molar-refractivity contribution in [1.29, 1.82) is 0 Å². The predicted molar refractivity (Wildman–Crippen MR) is 91.1 cm³/mol. The van der Waals surface area contributed by atoms with Crippen molar-refractivity contribution < 1.29 is 14.3 Å². The number of hydrogen-bond acceptors (Lipinski definition) is 4. The van der Waals surface area contributed by atoms with Crippen LogP contribution in [-0.2, 0) is 4.79 Å². The van der Waals surface area contributed by atoms with Gasteiger partial charge in [-0.05, 0) is 37.6 Å². The van der Waals surface area contributed by atoms with Crippen LogP contribution in [0.5, 0.6) is 5.75 Å². The number of amides is 2. The van der Waals surface area contributed by atoms with Gasteiger partial charge in [0.2, 0.25) is 5.91 Å². The van der Waals surface area contributed by atoms with Gasteiger partial charge < -0.3 is 15.4 Å². The molecule has 0 aliphatic carbocycles. The van der Waals surface area contributed by atoms with E-state index in [2.05, 4.69) is 27.8 Å². The molecule has 7 nitrogen and oxygen atoms in total. The highest BCUT2D eigenvalue weighted by Gasteiger charge is 2.09. The number of aryl methyl sites for hydroxylation is 1. The lowest BCUT2D eigenvalue weighted by molar-refractivity contribution is -0.115. The molecular weight excluding hydrogens is 308 g/mol. The van der Waals surface area contributed by atoms with Gasteiger partial charge >= 0.3 is 0 Å². The molecule has 0 saturated heterocycles. The van der Waals surface area contributed by atoms with Gasteiger partial charge in [-0.1, -0.05) is 13.3 Å². The van der Waals surface area contributed by atoms with Gasteiger partial charge in [-0.3, -0.25) is 14.7 Å². The maximum atomic E-state index is 12.0. The lowest BCUT2D eigenvalue weighted by atomic mass is 10.2. The van der Waals surface area contributed by atoms with Crippen molar-refractivity contribution in [3.05, 3.63) is 41.6 Å². The summed E-state index contributed by atoms with van der Waals surface area (Å²) < 4.78 is 5.54. The number of aromatic amines is 1. The highest BCUT2D eigenvalue weighted by Crippen LogP contribution is 2.12. The number of ether oxygens (including phenoxy) is 1. The highest BCUT2D eigenvalue weighted by molar-refractivity contribution is 5.99. The summed E-state index contributed by atoms with van der Waals surface area (Å²) >= 11 is 0. The van der Waals surface area contributed by atoms with Crippen LogP contribution in [0, 0.1) is 6.92 Å². The Balaban J connectivity index is 1.78. The van der Waals surface area contributed by atoms with E-state index in [0.29, 0.717) is 18.0 Å². The van der Waals surface area contributed by atoms with Gasteiger partial charge in [0.15, 0.2) is 5.82 Å². The van der Waals surface area contributed by atoms with E-state index in [0.717, 1.165) is 24.3 Å². The van der Waals surface area contributed by atoms with Gasteiger partial charge in [0.1, 0.15) is 5.75 Å². The topological polar surface area (TPSA) is 96.1 Å². The minimum absolute atomic E-state index is 0.126. The molecule has 1 aromatic heterocycles. The Kier molecular flexibility index (Phi) is 6.36. The summed E-state index contributed by atoms with van der Waals surface area (Å²) in [6.07, 6.45) is 2.06. The quantitative estimate of drug-likeness (QED) is 0.647. The third kappa shape index (κ3) is 5.42. The van der Waals surface area contributed by atoms with Crippen LogP contribution < -0.4 is 15.4 Å². The second-order valence-corrected chi connectivity index (χ2v) is 5.39. The number of rotatable bonds is 8. The van der Waals surface area contributed by atoms with Crippen molar-refractivity contribution in [3.8, 4) is 5.75 Å². The molecule has 0 aliphatic heterocycles. The zero-order valence-corrected chi connectivity index (χ0v) is 13.9. The molecule has 3 N–H and O–H groups in total. The van der Waals surface area contributed by atoms with Crippen molar-refractivity contribution >= 4 is 17.6 Å². The second kappa shape index (κ2) is 8.71. The zero-order chi connectivity index (χ0) is 17.4. The Bertz CT molecular complexity index is 679. The van der Waals surface area contributed by atoms with Crippen LogP contribution in [0.1, 0.15) is 35.8 Å². The average Bonchev–Trinajstić information content (AvgIpc) is 2.98. The maximum absolute atomic E-state index is 12.0. The zero-order valence-electron chi connectivity index (χ0n) is 13.9. The number of aromatic nitrogens is 2. The number of nitrogens with one attached hydrogen (secondary N) is 3. The van der Waals surface area contributed by atoms with Gasteiger partial charge in [0.05, 0.1) is 13.2 Å². The predicted octanol–water partition coefficient (Wildman–Crippen LogP) is 2.27. The normalized spacial score (nSPS) is 10.2. The number of carbonyl (C=O) groups is 2. The van der Waals surface area contributed by atoms with E-state index in [1.54, 1.807) is 30.3 Å². The first kappa shape index (κ1) is 17.5. The molecule has 0 spiro atoms. The Morgan fingerprint density at radius 3 is 2.62 bits per heavy atom. The Labute approximate surface area is 140 Å². The van der Waals surface area contributed by atoms with Gasteiger partial charge in [0.25, 0.3) is 5.91 Å². The van der Waals surface area contributed by atoms with Crippen molar-refractivity contribution in [2.45, 2.75) is 26.7 Å². The standard InChI is InChI=1S/C17H22N4O3/c1-3-4-9-24-14-7-5-13(6-8-14)17(23)18-11-16(22)19-15-10-12(2)20-21-15/h5-8,10H,3-4,9,11H2,1-2H3,(H,18,23)(H2,19,20,21,22). The summed E-state index contributed by atoms with van der Waals surface area (Å²) in [4.78, 5) is 23.8. The van der Waals surface area contributed by atoms with Crippen LogP contribution in [-0.4, -0.2) is 35.2 Å². The molecule has 128 valence electrons. The number of nitrogens with zero attached hydrogens (tertiary/aromatic N) is 1. The summed E-state index contributed by atoms with van der Waals surface area (Å²) in [6, 6.07) is 8.54. The number of hydrogen-bond donors (Lipinski definition) is 3. The average molecular weight is 330 g/mol. The first-order valence-corrected chi connectivity index (χ1v) is 7.91. The van der Waals surface area contributed by atoms with E-state index in [-0.39, 0.29) is 18.4 Å². The third-order valence-electron chi connectivity index (χ3n) is 3.27. The van der Waals surface area contributed by atoms with Gasteiger partial charge in [-0.2, -0.15) is 5.10 Å². The van der Waals surface area contributed by atoms with Crippen molar-refractivity contribution in [2.75, 3.05) is 18.5 Å². The lowest BCUT2D eigenvalue weighted by Gasteiger charge is -2.07.